The van der Waals surface area contributed by atoms with Gasteiger partial charge in [0.2, 0.25) is 0 Å². The molecule has 1 saturated heterocycles. The molecule has 0 aromatic carbocycles. The summed E-state index contributed by atoms with van der Waals surface area (Å²) in [6, 6.07) is 0. The Bertz CT molecular complexity index is 347. The lowest BCUT2D eigenvalue weighted by atomic mass is 9.60. The molecule has 3 rings (SSSR count). The molecule has 2 N–H and O–H groups in total. The van der Waals surface area contributed by atoms with Crippen LogP contribution < -0.4 is 5.73 Å². The summed E-state index contributed by atoms with van der Waals surface area (Å²) in [5.41, 5.74) is 7.75. The smallest absolute Gasteiger partial charge is 0.0382 e. The third-order valence-corrected chi connectivity index (χ3v) is 7.58. The van der Waals surface area contributed by atoms with E-state index in [0.717, 1.165) is 6.54 Å². The largest absolute Gasteiger partial charge is 0.329 e. The van der Waals surface area contributed by atoms with E-state index < -0.39 is 0 Å². The van der Waals surface area contributed by atoms with Crippen LogP contribution in [-0.2, 0) is 0 Å². The van der Waals surface area contributed by atoms with Gasteiger partial charge in [0.15, 0.2) is 0 Å². The van der Waals surface area contributed by atoms with Crippen LogP contribution in [-0.4, -0.2) is 30.1 Å². The first-order valence-electron chi connectivity index (χ1n) is 9.49. The second-order valence-corrected chi connectivity index (χ2v) is 8.87. The van der Waals surface area contributed by atoms with Crippen LogP contribution in [0.3, 0.4) is 0 Å². The van der Waals surface area contributed by atoms with Gasteiger partial charge in [-0.15, -0.1) is 0 Å². The fourth-order valence-electron chi connectivity index (χ4n) is 5.86. The van der Waals surface area contributed by atoms with Crippen LogP contribution in [0.15, 0.2) is 0 Å². The summed E-state index contributed by atoms with van der Waals surface area (Å²) in [5, 5.41) is 0. The standard InChI is InChI=1S/C19H36N2/c1-17(2)8-6-7-11-19(17,16-20)21-14-12-18(13-15-21)9-4-3-5-10-18/h3-16,20H2,1-2H3. The number of piperidine rings is 1. The van der Waals surface area contributed by atoms with Crippen molar-refractivity contribution < 1.29 is 0 Å². The first-order chi connectivity index (χ1) is 10.0. The van der Waals surface area contributed by atoms with Crippen LogP contribution >= 0.6 is 0 Å². The Balaban J connectivity index is 1.72. The van der Waals surface area contributed by atoms with E-state index in [9.17, 15) is 0 Å². The fraction of sp³-hybridized carbons (Fsp3) is 1.00. The van der Waals surface area contributed by atoms with Gasteiger partial charge in [-0.25, -0.2) is 0 Å². The number of likely N-dealkylation sites (tertiary alicyclic amines) is 1. The molecule has 3 aliphatic rings. The molecule has 3 fully saturated rings. The highest BCUT2D eigenvalue weighted by molar-refractivity contribution is 5.07. The molecule has 1 heterocycles. The highest BCUT2D eigenvalue weighted by Gasteiger charge is 2.51. The molecule has 2 aliphatic carbocycles. The summed E-state index contributed by atoms with van der Waals surface area (Å²) >= 11 is 0. The zero-order chi connectivity index (χ0) is 15.0. The van der Waals surface area contributed by atoms with E-state index in [2.05, 4.69) is 18.7 Å². The summed E-state index contributed by atoms with van der Waals surface area (Å²) in [6.45, 7) is 8.42. The van der Waals surface area contributed by atoms with E-state index >= 15 is 0 Å². The van der Waals surface area contributed by atoms with Gasteiger partial charge >= 0.3 is 0 Å². The third kappa shape index (κ3) is 2.67. The lowest BCUT2D eigenvalue weighted by Gasteiger charge is -2.59. The first kappa shape index (κ1) is 15.8. The first-order valence-corrected chi connectivity index (χ1v) is 9.49. The van der Waals surface area contributed by atoms with E-state index in [0.29, 0.717) is 10.8 Å². The molecule has 2 saturated carbocycles. The van der Waals surface area contributed by atoms with Crippen LogP contribution in [0, 0.1) is 10.8 Å². The zero-order valence-corrected chi connectivity index (χ0v) is 14.4. The third-order valence-electron chi connectivity index (χ3n) is 7.58. The molecule has 1 spiro atoms. The quantitative estimate of drug-likeness (QED) is 0.821. The van der Waals surface area contributed by atoms with Gasteiger partial charge in [-0.3, -0.25) is 4.90 Å². The summed E-state index contributed by atoms with van der Waals surface area (Å²) in [6.07, 6.45) is 15.8. The molecular weight excluding hydrogens is 256 g/mol. The number of rotatable bonds is 2. The van der Waals surface area contributed by atoms with Crippen molar-refractivity contribution in [3.63, 3.8) is 0 Å². The summed E-state index contributed by atoms with van der Waals surface area (Å²) in [7, 11) is 0. The van der Waals surface area contributed by atoms with E-state index in [1.54, 1.807) is 0 Å². The average Bonchev–Trinajstić information content (AvgIpc) is 2.49. The van der Waals surface area contributed by atoms with Crippen molar-refractivity contribution in [1.82, 2.24) is 4.90 Å². The SMILES string of the molecule is CC1(C)CCCCC1(CN)N1CCC2(CCCCC2)CC1. The summed E-state index contributed by atoms with van der Waals surface area (Å²) in [5.74, 6) is 0. The van der Waals surface area contributed by atoms with Crippen LogP contribution in [0.25, 0.3) is 0 Å². The van der Waals surface area contributed by atoms with Gasteiger partial charge in [0.1, 0.15) is 0 Å². The normalized spacial score (nSPS) is 36.7. The molecule has 0 aromatic heterocycles. The maximum atomic E-state index is 6.37. The van der Waals surface area contributed by atoms with Gasteiger partial charge < -0.3 is 5.73 Å². The average molecular weight is 293 g/mol. The second-order valence-electron chi connectivity index (χ2n) is 8.87. The van der Waals surface area contributed by atoms with Crippen molar-refractivity contribution in [2.45, 2.75) is 90.0 Å². The molecule has 1 unspecified atom stereocenters. The van der Waals surface area contributed by atoms with Crippen LogP contribution in [0.1, 0.15) is 84.5 Å². The van der Waals surface area contributed by atoms with Gasteiger partial charge in [-0.05, 0) is 62.4 Å². The Morgan fingerprint density at radius 1 is 0.762 bits per heavy atom. The summed E-state index contributed by atoms with van der Waals surface area (Å²) < 4.78 is 0. The minimum Gasteiger partial charge on any atom is -0.329 e. The predicted octanol–water partition coefficient (Wildman–Crippen LogP) is 4.33. The molecule has 122 valence electrons. The van der Waals surface area contributed by atoms with Crippen molar-refractivity contribution in [3.05, 3.63) is 0 Å². The number of nitrogens with zero attached hydrogens (tertiary/aromatic N) is 1. The molecule has 21 heavy (non-hydrogen) atoms. The Kier molecular flexibility index (Phi) is 4.40. The van der Waals surface area contributed by atoms with Gasteiger partial charge in [-0.1, -0.05) is 46.0 Å². The topological polar surface area (TPSA) is 29.3 Å². The lowest BCUT2D eigenvalue weighted by molar-refractivity contribution is -0.0770. The van der Waals surface area contributed by atoms with Crippen molar-refractivity contribution in [2.75, 3.05) is 19.6 Å². The molecule has 0 amide bonds. The van der Waals surface area contributed by atoms with Gasteiger partial charge in [-0.2, -0.15) is 0 Å². The van der Waals surface area contributed by atoms with Crippen molar-refractivity contribution in [1.29, 1.82) is 0 Å². The molecule has 1 atom stereocenters. The number of nitrogens with two attached hydrogens (primary N) is 1. The van der Waals surface area contributed by atoms with Gasteiger partial charge in [0.05, 0.1) is 0 Å². The number of hydrogen-bond donors (Lipinski definition) is 1. The molecule has 2 nitrogen and oxygen atoms in total. The van der Waals surface area contributed by atoms with Gasteiger partial charge in [0.25, 0.3) is 0 Å². The fourth-order valence-corrected chi connectivity index (χ4v) is 5.86. The molecule has 1 aliphatic heterocycles. The molecule has 0 aromatic rings. The maximum Gasteiger partial charge on any atom is 0.0382 e. The van der Waals surface area contributed by atoms with E-state index in [1.165, 1.54) is 83.7 Å². The predicted molar refractivity (Wildman–Crippen MR) is 90.4 cm³/mol. The Labute approximate surface area is 131 Å². The minimum atomic E-state index is 0.279. The Morgan fingerprint density at radius 2 is 1.33 bits per heavy atom. The van der Waals surface area contributed by atoms with Gasteiger partial charge in [0, 0.05) is 12.1 Å². The molecular formula is C19H36N2. The van der Waals surface area contributed by atoms with Crippen LogP contribution in [0.2, 0.25) is 0 Å². The molecule has 0 radical (unpaired) electrons. The highest BCUT2D eigenvalue weighted by atomic mass is 15.2. The Morgan fingerprint density at radius 3 is 1.90 bits per heavy atom. The Hall–Kier alpha value is -0.0800. The van der Waals surface area contributed by atoms with Crippen LogP contribution in [0.4, 0.5) is 0 Å². The molecule has 2 heteroatoms. The van der Waals surface area contributed by atoms with E-state index in [-0.39, 0.29) is 5.54 Å². The second kappa shape index (κ2) is 5.85. The number of hydrogen-bond acceptors (Lipinski definition) is 2. The lowest BCUT2D eigenvalue weighted by Crippen LogP contribution is -2.65. The maximum absolute atomic E-state index is 6.37. The molecule has 0 bridgehead atoms. The monoisotopic (exact) mass is 292 g/mol. The van der Waals surface area contributed by atoms with Crippen molar-refractivity contribution in [3.8, 4) is 0 Å². The summed E-state index contributed by atoms with van der Waals surface area (Å²) in [4.78, 5) is 2.83. The van der Waals surface area contributed by atoms with E-state index in [1.807, 2.05) is 0 Å². The van der Waals surface area contributed by atoms with E-state index in [4.69, 9.17) is 5.73 Å². The zero-order valence-electron chi connectivity index (χ0n) is 14.4. The van der Waals surface area contributed by atoms with Crippen LogP contribution in [0.5, 0.6) is 0 Å². The minimum absolute atomic E-state index is 0.279. The van der Waals surface area contributed by atoms with Crippen molar-refractivity contribution in [2.24, 2.45) is 16.6 Å². The van der Waals surface area contributed by atoms with Crippen molar-refractivity contribution >= 4 is 0 Å². The highest BCUT2D eigenvalue weighted by Crippen LogP contribution is 2.51.